The van der Waals surface area contributed by atoms with Crippen molar-refractivity contribution in [2.45, 2.75) is 46.0 Å². The molecule has 142 valence electrons. The zero-order valence-electron chi connectivity index (χ0n) is 16.5. The number of nitrogens with zero attached hydrogens (tertiary/aromatic N) is 4. The summed E-state index contributed by atoms with van der Waals surface area (Å²) in [6, 6.07) is 8.72. The SMILES string of the molecule is CC(=O)N1CCN(c2nc(C3CC3)nc(C)c2Cc2ccc(C)cc2)CC1. The van der Waals surface area contributed by atoms with E-state index in [4.69, 9.17) is 9.97 Å². The monoisotopic (exact) mass is 364 g/mol. The van der Waals surface area contributed by atoms with Crippen LogP contribution in [0.4, 0.5) is 5.82 Å². The van der Waals surface area contributed by atoms with Crippen LogP contribution in [0.3, 0.4) is 0 Å². The summed E-state index contributed by atoms with van der Waals surface area (Å²) in [4.78, 5) is 25.8. The van der Waals surface area contributed by atoms with Gasteiger partial charge in [-0.05, 0) is 32.3 Å². The van der Waals surface area contributed by atoms with Crippen LogP contribution in [0.5, 0.6) is 0 Å². The smallest absolute Gasteiger partial charge is 0.219 e. The zero-order valence-corrected chi connectivity index (χ0v) is 16.5. The fourth-order valence-electron chi connectivity index (χ4n) is 3.74. The number of carbonyl (C=O) groups is 1. The van der Waals surface area contributed by atoms with Gasteiger partial charge in [0.2, 0.25) is 5.91 Å². The number of piperazine rings is 1. The topological polar surface area (TPSA) is 49.3 Å². The molecule has 1 aliphatic heterocycles. The summed E-state index contributed by atoms with van der Waals surface area (Å²) in [5.74, 6) is 2.78. The molecule has 4 rings (SSSR count). The van der Waals surface area contributed by atoms with Crippen molar-refractivity contribution in [1.29, 1.82) is 0 Å². The van der Waals surface area contributed by atoms with Crippen LogP contribution >= 0.6 is 0 Å². The lowest BCUT2D eigenvalue weighted by molar-refractivity contribution is -0.129. The largest absolute Gasteiger partial charge is 0.353 e. The van der Waals surface area contributed by atoms with Crippen molar-refractivity contribution in [1.82, 2.24) is 14.9 Å². The minimum Gasteiger partial charge on any atom is -0.353 e. The Hall–Kier alpha value is -2.43. The van der Waals surface area contributed by atoms with E-state index < -0.39 is 0 Å². The van der Waals surface area contributed by atoms with Gasteiger partial charge in [0.05, 0.1) is 0 Å². The molecule has 0 unspecified atom stereocenters. The third-order valence-electron chi connectivity index (χ3n) is 5.68. The minimum absolute atomic E-state index is 0.159. The minimum atomic E-state index is 0.159. The van der Waals surface area contributed by atoms with Gasteiger partial charge in [0.1, 0.15) is 11.6 Å². The predicted molar refractivity (Wildman–Crippen MR) is 107 cm³/mol. The van der Waals surface area contributed by atoms with Gasteiger partial charge in [-0.1, -0.05) is 29.8 Å². The Balaban J connectivity index is 1.65. The van der Waals surface area contributed by atoms with Gasteiger partial charge in [-0.25, -0.2) is 9.97 Å². The highest BCUT2D eigenvalue weighted by Gasteiger charge is 2.30. The summed E-state index contributed by atoms with van der Waals surface area (Å²) in [5, 5.41) is 0. The summed E-state index contributed by atoms with van der Waals surface area (Å²) < 4.78 is 0. The van der Waals surface area contributed by atoms with Gasteiger partial charge in [0.15, 0.2) is 0 Å². The fraction of sp³-hybridized carbons (Fsp3) is 0.500. The molecule has 1 saturated heterocycles. The molecule has 0 radical (unpaired) electrons. The van der Waals surface area contributed by atoms with Crippen LogP contribution in [0, 0.1) is 13.8 Å². The number of aromatic nitrogens is 2. The Kier molecular flexibility index (Phi) is 4.85. The summed E-state index contributed by atoms with van der Waals surface area (Å²) in [6.45, 7) is 9.08. The van der Waals surface area contributed by atoms with E-state index >= 15 is 0 Å². The van der Waals surface area contributed by atoms with Gasteiger partial charge in [-0.2, -0.15) is 0 Å². The van der Waals surface area contributed by atoms with Crippen molar-refractivity contribution in [2.24, 2.45) is 0 Å². The third kappa shape index (κ3) is 3.97. The fourth-order valence-corrected chi connectivity index (χ4v) is 3.74. The molecule has 1 amide bonds. The maximum atomic E-state index is 11.7. The number of benzene rings is 1. The molecular weight excluding hydrogens is 336 g/mol. The van der Waals surface area contributed by atoms with Crippen LogP contribution in [0.2, 0.25) is 0 Å². The second-order valence-corrected chi connectivity index (χ2v) is 7.90. The molecule has 1 aromatic heterocycles. The second-order valence-electron chi connectivity index (χ2n) is 7.90. The quantitative estimate of drug-likeness (QED) is 0.836. The number of rotatable bonds is 4. The maximum Gasteiger partial charge on any atom is 0.219 e. The van der Waals surface area contributed by atoms with E-state index in [0.717, 1.165) is 49.9 Å². The first-order valence-electron chi connectivity index (χ1n) is 9.94. The van der Waals surface area contributed by atoms with E-state index in [-0.39, 0.29) is 5.91 Å². The van der Waals surface area contributed by atoms with Crippen LogP contribution in [0.15, 0.2) is 24.3 Å². The number of carbonyl (C=O) groups excluding carboxylic acids is 1. The molecule has 2 heterocycles. The number of aryl methyl sites for hydroxylation is 2. The molecule has 0 N–H and O–H groups in total. The molecule has 0 spiro atoms. The van der Waals surface area contributed by atoms with Gasteiger partial charge in [-0.3, -0.25) is 4.79 Å². The summed E-state index contributed by atoms with van der Waals surface area (Å²) >= 11 is 0. The lowest BCUT2D eigenvalue weighted by Crippen LogP contribution is -2.48. The first kappa shape index (κ1) is 18.0. The molecule has 5 heteroatoms. The average Bonchev–Trinajstić information content (AvgIpc) is 3.50. The van der Waals surface area contributed by atoms with Crippen molar-refractivity contribution < 1.29 is 4.79 Å². The molecule has 0 atom stereocenters. The summed E-state index contributed by atoms with van der Waals surface area (Å²) in [7, 11) is 0. The van der Waals surface area contributed by atoms with E-state index in [1.165, 1.54) is 29.5 Å². The molecule has 1 aromatic carbocycles. The molecule has 1 aliphatic carbocycles. The highest BCUT2D eigenvalue weighted by atomic mass is 16.2. The third-order valence-corrected chi connectivity index (χ3v) is 5.68. The van der Waals surface area contributed by atoms with Crippen LogP contribution in [-0.2, 0) is 11.2 Å². The van der Waals surface area contributed by atoms with E-state index in [9.17, 15) is 4.79 Å². The number of hydrogen-bond donors (Lipinski definition) is 0. The Labute approximate surface area is 161 Å². The van der Waals surface area contributed by atoms with Crippen molar-refractivity contribution in [3.63, 3.8) is 0 Å². The summed E-state index contributed by atoms with van der Waals surface area (Å²) in [5.41, 5.74) is 4.88. The van der Waals surface area contributed by atoms with Crippen LogP contribution in [-0.4, -0.2) is 47.0 Å². The van der Waals surface area contributed by atoms with Crippen LogP contribution in [0.25, 0.3) is 0 Å². The van der Waals surface area contributed by atoms with Crippen LogP contribution in [0.1, 0.15) is 53.9 Å². The molecule has 2 fully saturated rings. The highest BCUT2D eigenvalue weighted by Crippen LogP contribution is 2.39. The average molecular weight is 364 g/mol. The number of amides is 1. The summed E-state index contributed by atoms with van der Waals surface area (Å²) in [6.07, 6.45) is 3.25. The van der Waals surface area contributed by atoms with E-state index in [2.05, 4.69) is 43.0 Å². The molecule has 27 heavy (non-hydrogen) atoms. The van der Waals surface area contributed by atoms with E-state index in [1.54, 1.807) is 6.92 Å². The Morgan fingerprint density at radius 3 is 2.30 bits per heavy atom. The van der Waals surface area contributed by atoms with Gasteiger partial charge < -0.3 is 9.80 Å². The maximum absolute atomic E-state index is 11.7. The van der Waals surface area contributed by atoms with Crippen molar-refractivity contribution >= 4 is 11.7 Å². The van der Waals surface area contributed by atoms with E-state index in [0.29, 0.717) is 5.92 Å². The highest BCUT2D eigenvalue weighted by molar-refractivity contribution is 5.73. The lowest BCUT2D eigenvalue weighted by atomic mass is 10.0. The van der Waals surface area contributed by atoms with Crippen LogP contribution < -0.4 is 4.90 Å². The first-order valence-corrected chi connectivity index (χ1v) is 9.94. The molecule has 2 aromatic rings. The standard InChI is InChI=1S/C22H28N4O/c1-15-4-6-18(7-5-15)14-20-16(2)23-21(19-8-9-19)24-22(20)26-12-10-25(11-13-26)17(3)27/h4-7,19H,8-14H2,1-3H3. The normalized spacial score (nSPS) is 17.3. The Morgan fingerprint density at radius 1 is 1.04 bits per heavy atom. The Morgan fingerprint density at radius 2 is 1.70 bits per heavy atom. The zero-order chi connectivity index (χ0) is 19.0. The van der Waals surface area contributed by atoms with Gasteiger partial charge in [-0.15, -0.1) is 0 Å². The Bertz CT molecular complexity index is 834. The number of hydrogen-bond acceptors (Lipinski definition) is 4. The van der Waals surface area contributed by atoms with Gasteiger partial charge in [0.25, 0.3) is 0 Å². The molecule has 2 aliphatic rings. The molecule has 5 nitrogen and oxygen atoms in total. The lowest BCUT2D eigenvalue weighted by Gasteiger charge is -2.36. The second kappa shape index (κ2) is 7.29. The van der Waals surface area contributed by atoms with Crippen molar-refractivity contribution in [3.8, 4) is 0 Å². The first-order chi connectivity index (χ1) is 13.0. The van der Waals surface area contributed by atoms with Gasteiger partial charge in [0, 0.05) is 56.7 Å². The predicted octanol–water partition coefficient (Wildman–Crippen LogP) is 3.23. The van der Waals surface area contributed by atoms with Crippen molar-refractivity contribution in [2.75, 3.05) is 31.1 Å². The van der Waals surface area contributed by atoms with Crippen molar-refractivity contribution in [3.05, 3.63) is 52.5 Å². The molecule has 0 bridgehead atoms. The van der Waals surface area contributed by atoms with Gasteiger partial charge >= 0.3 is 0 Å². The van der Waals surface area contributed by atoms with E-state index in [1.807, 2.05) is 4.90 Å². The number of anilines is 1. The molecule has 1 saturated carbocycles. The molecular formula is C22H28N4O.